The molecule has 1 heterocycles. The van der Waals surface area contributed by atoms with E-state index in [0.29, 0.717) is 16.9 Å². The molecule has 1 aromatic carbocycles. The van der Waals surface area contributed by atoms with Gasteiger partial charge in [-0.1, -0.05) is 0 Å². The molecule has 2 rings (SSSR count). The summed E-state index contributed by atoms with van der Waals surface area (Å²) in [6.07, 6.45) is 1.53. The van der Waals surface area contributed by atoms with Crippen LogP contribution in [-0.2, 0) is 0 Å². The van der Waals surface area contributed by atoms with E-state index in [1.165, 1.54) is 6.20 Å². The van der Waals surface area contributed by atoms with Gasteiger partial charge in [-0.05, 0) is 43.3 Å². The average Bonchev–Trinajstić information content (AvgIpc) is 2.49. The van der Waals surface area contributed by atoms with Gasteiger partial charge in [-0.2, -0.15) is 0 Å². The molecule has 0 radical (unpaired) electrons. The number of carbonyl (C=O) groups is 2. The molecule has 0 aliphatic heterocycles. The molecular formula is C15H16N4O2. The second-order valence-corrected chi connectivity index (χ2v) is 4.42. The van der Waals surface area contributed by atoms with Gasteiger partial charge < -0.3 is 16.0 Å². The van der Waals surface area contributed by atoms with Crippen molar-refractivity contribution in [3.8, 4) is 0 Å². The van der Waals surface area contributed by atoms with E-state index in [2.05, 4.69) is 20.9 Å². The van der Waals surface area contributed by atoms with Crippen molar-refractivity contribution in [2.75, 3.05) is 17.7 Å². The largest absolute Gasteiger partial charge is 0.341 e. The standard InChI is InChI=1S/C15H16N4O2/c1-10-3-4-11(9-17-10)14(20)18-12-5-7-13(8-6-12)19-15(21)16-2/h3-9H,1-2H3,(H,18,20)(H2,16,19,21). The fourth-order valence-corrected chi connectivity index (χ4v) is 1.64. The lowest BCUT2D eigenvalue weighted by atomic mass is 10.2. The van der Waals surface area contributed by atoms with Gasteiger partial charge in [0.2, 0.25) is 0 Å². The molecule has 3 N–H and O–H groups in total. The Hall–Kier alpha value is -2.89. The highest BCUT2D eigenvalue weighted by atomic mass is 16.2. The van der Waals surface area contributed by atoms with E-state index in [1.54, 1.807) is 43.4 Å². The fourth-order valence-electron chi connectivity index (χ4n) is 1.64. The summed E-state index contributed by atoms with van der Waals surface area (Å²) in [5.74, 6) is -0.227. The molecule has 6 heteroatoms. The van der Waals surface area contributed by atoms with Crippen LogP contribution >= 0.6 is 0 Å². The monoisotopic (exact) mass is 284 g/mol. The third-order valence-corrected chi connectivity index (χ3v) is 2.80. The van der Waals surface area contributed by atoms with Gasteiger partial charge in [0.05, 0.1) is 5.56 Å². The van der Waals surface area contributed by atoms with Crippen LogP contribution in [0.5, 0.6) is 0 Å². The van der Waals surface area contributed by atoms with Crippen LogP contribution in [0, 0.1) is 6.92 Å². The molecule has 0 atom stereocenters. The number of carbonyl (C=O) groups excluding carboxylic acids is 2. The van der Waals surface area contributed by atoms with Gasteiger partial charge in [0.1, 0.15) is 0 Å². The Morgan fingerprint density at radius 2 is 1.57 bits per heavy atom. The molecule has 6 nitrogen and oxygen atoms in total. The van der Waals surface area contributed by atoms with Crippen LogP contribution in [0.25, 0.3) is 0 Å². The quantitative estimate of drug-likeness (QED) is 0.809. The van der Waals surface area contributed by atoms with Gasteiger partial charge in [0.15, 0.2) is 0 Å². The number of anilines is 2. The zero-order valence-corrected chi connectivity index (χ0v) is 11.8. The number of nitrogens with zero attached hydrogens (tertiary/aromatic N) is 1. The van der Waals surface area contributed by atoms with E-state index in [4.69, 9.17) is 0 Å². The number of rotatable bonds is 3. The Kier molecular flexibility index (Phi) is 4.50. The lowest BCUT2D eigenvalue weighted by molar-refractivity contribution is 0.102. The molecule has 2 aromatic rings. The first-order chi connectivity index (χ1) is 10.1. The maximum Gasteiger partial charge on any atom is 0.318 e. The molecular weight excluding hydrogens is 268 g/mol. The van der Waals surface area contributed by atoms with Crippen molar-refractivity contribution in [1.82, 2.24) is 10.3 Å². The normalized spacial score (nSPS) is 9.81. The van der Waals surface area contributed by atoms with E-state index in [0.717, 1.165) is 5.69 Å². The summed E-state index contributed by atoms with van der Waals surface area (Å²) in [5.41, 5.74) is 2.64. The van der Waals surface area contributed by atoms with Gasteiger partial charge >= 0.3 is 6.03 Å². The summed E-state index contributed by atoms with van der Waals surface area (Å²) in [4.78, 5) is 27.2. The Bertz CT molecular complexity index is 636. The van der Waals surface area contributed by atoms with Crippen LogP contribution in [0.2, 0.25) is 0 Å². The minimum atomic E-state index is -0.294. The number of amides is 3. The van der Waals surface area contributed by atoms with Gasteiger partial charge in [-0.15, -0.1) is 0 Å². The number of nitrogens with one attached hydrogen (secondary N) is 3. The molecule has 0 saturated carbocycles. The highest BCUT2D eigenvalue weighted by molar-refractivity contribution is 6.04. The molecule has 0 aliphatic carbocycles. The maximum atomic E-state index is 12.0. The fraction of sp³-hybridized carbons (Fsp3) is 0.133. The molecule has 21 heavy (non-hydrogen) atoms. The molecule has 0 spiro atoms. The van der Waals surface area contributed by atoms with Gasteiger partial charge in [0, 0.05) is 30.3 Å². The van der Waals surface area contributed by atoms with Gasteiger partial charge in [-0.25, -0.2) is 4.79 Å². The Labute approximate surface area is 122 Å². The zero-order valence-electron chi connectivity index (χ0n) is 11.8. The number of aromatic nitrogens is 1. The molecule has 0 saturated heterocycles. The maximum absolute atomic E-state index is 12.0. The molecule has 0 fully saturated rings. The van der Waals surface area contributed by atoms with Crippen LogP contribution in [0.1, 0.15) is 16.1 Å². The number of benzene rings is 1. The SMILES string of the molecule is CNC(=O)Nc1ccc(NC(=O)c2ccc(C)nc2)cc1. The number of hydrogen-bond acceptors (Lipinski definition) is 3. The topological polar surface area (TPSA) is 83.1 Å². The van der Waals surface area contributed by atoms with Crippen LogP contribution in [0.3, 0.4) is 0 Å². The predicted molar refractivity (Wildman–Crippen MR) is 81.4 cm³/mol. The van der Waals surface area contributed by atoms with E-state index >= 15 is 0 Å². The molecule has 3 amide bonds. The summed E-state index contributed by atoms with van der Waals surface area (Å²) in [6, 6.07) is 10.0. The smallest absolute Gasteiger partial charge is 0.318 e. The van der Waals surface area contributed by atoms with Gasteiger partial charge in [-0.3, -0.25) is 9.78 Å². The Balaban J connectivity index is 2.01. The van der Waals surface area contributed by atoms with E-state index in [1.807, 2.05) is 6.92 Å². The van der Waals surface area contributed by atoms with Crippen LogP contribution in [0.15, 0.2) is 42.6 Å². The van der Waals surface area contributed by atoms with Gasteiger partial charge in [0.25, 0.3) is 5.91 Å². The van der Waals surface area contributed by atoms with Crippen molar-refractivity contribution in [3.05, 3.63) is 53.9 Å². The molecule has 0 unspecified atom stereocenters. The lowest BCUT2D eigenvalue weighted by Gasteiger charge is -2.07. The highest BCUT2D eigenvalue weighted by Crippen LogP contribution is 2.14. The first-order valence-corrected chi connectivity index (χ1v) is 6.41. The molecule has 0 bridgehead atoms. The number of pyridine rings is 1. The number of aryl methyl sites for hydroxylation is 1. The third kappa shape index (κ3) is 4.04. The molecule has 0 aliphatic rings. The summed E-state index contributed by atoms with van der Waals surface area (Å²) in [5, 5.41) is 7.86. The van der Waals surface area contributed by atoms with Crippen LogP contribution in [0.4, 0.5) is 16.2 Å². The average molecular weight is 284 g/mol. The second kappa shape index (κ2) is 6.51. The minimum absolute atomic E-state index is 0.227. The number of hydrogen-bond donors (Lipinski definition) is 3. The molecule has 1 aromatic heterocycles. The van der Waals surface area contributed by atoms with Crippen molar-refractivity contribution in [3.63, 3.8) is 0 Å². The minimum Gasteiger partial charge on any atom is -0.341 e. The third-order valence-electron chi connectivity index (χ3n) is 2.80. The first-order valence-electron chi connectivity index (χ1n) is 6.41. The summed E-state index contributed by atoms with van der Waals surface area (Å²) < 4.78 is 0. The summed E-state index contributed by atoms with van der Waals surface area (Å²) in [7, 11) is 1.54. The van der Waals surface area contributed by atoms with E-state index in [-0.39, 0.29) is 11.9 Å². The highest BCUT2D eigenvalue weighted by Gasteiger charge is 2.06. The van der Waals surface area contributed by atoms with Crippen LogP contribution in [-0.4, -0.2) is 24.0 Å². The van der Waals surface area contributed by atoms with Crippen molar-refractivity contribution in [1.29, 1.82) is 0 Å². The summed E-state index contributed by atoms with van der Waals surface area (Å²) >= 11 is 0. The van der Waals surface area contributed by atoms with Crippen LogP contribution < -0.4 is 16.0 Å². The Morgan fingerprint density at radius 1 is 0.952 bits per heavy atom. The summed E-state index contributed by atoms with van der Waals surface area (Å²) in [6.45, 7) is 1.86. The predicted octanol–water partition coefficient (Wildman–Crippen LogP) is 2.39. The van der Waals surface area contributed by atoms with Crippen molar-refractivity contribution in [2.24, 2.45) is 0 Å². The zero-order chi connectivity index (χ0) is 15.2. The Morgan fingerprint density at radius 3 is 2.10 bits per heavy atom. The van der Waals surface area contributed by atoms with Crippen molar-refractivity contribution in [2.45, 2.75) is 6.92 Å². The van der Waals surface area contributed by atoms with E-state index < -0.39 is 0 Å². The van der Waals surface area contributed by atoms with Crippen molar-refractivity contribution < 1.29 is 9.59 Å². The van der Waals surface area contributed by atoms with Crippen molar-refractivity contribution >= 4 is 23.3 Å². The van der Waals surface area contributed by atoms with E-state index in [9.17, 15) is 9.59 Å². The second-order valence-electron chi connectivity index (χ2n) is 4.42. The number of urea groups is 1. The lowest BCUT2D eigenvalue weighted by Crippen LogP contribution is -2.24. The molecule has 108 valence electrons. The first kappa shape index (κ1) is 14.5.